The second-order valence-corrected chi connectivity index (χ2v) is 9.37. The number of aliphatic carboxylic acids is 1. The molecule has 0 atom stereocenters. The second-order valence-electron chi connectivity index (χ2n) is 7.11. The summed E-state index contributed by atoms with van der Waals surface area (Å²) in [4.78, 5) is 14.2. The van der Waals surface area contributed by atoms with Crippen LogP contribution in [0.3, 0.4) is 0 Å². The van der Waals surface area contributed by atoms with E-state index in [1.807, 2.05) is 24.3 Å². The predicted octanol–water partition coefficient (Wildman–Crippen LogP) is 2.60. The normalized spacial score (nSPS) is 16.9. The molecule has 0 aromatic heterocycles. The zero-order chi connectivity index (χ0) is 21.1. The molecular weight excluding hydrogens is 394 g/mol. The topological polar surface area (TPSA) is 93.1 Å². The van der Waals surface area contributed by atoms with Crippen molar-refractivity contribution in [3.8, 4) is 11.5 Å². The number of nitrogens with zero attached hydrogens (tertiary/aromatic N) is 1. The lowest BCUT2D eigenvalue weighted by atomic mass is 9.95. The lowest BCUT2D eigenvalue weighted by Crippen LogP contribution is -2.54. The first-order valence-electron chi connectivity index (χ1n) is 9.30. The summed E-state index contributed by atoms with van der Waals surface area (Å²) >= 11 is 0. The predicted molar refractivity (Wildman–Crippen MR) is 108 cm³/mol. The molecule has 0 spiro atoms. The number of benzene rings is 2. The lowest BCUT2D eigenvalue weighted by Gasteiger charge is -2.38. The average molecular weight is 419 g/mol. The van der Waals surface area contributed by atoms with E-state index in [9.17, 15) is 18.3 Å². The molecule has 1 aliphatic rings. The highest BCUT2D eigenvalue weighted by Crippen LogP contribution is 2.37. The number of carbonyl (C=O) groups is 1. The van der Waals surface area contributed by atoms with Crippen molar-refractivity contribution in [2.75, 3.05) is 27.3 Å². The van der Waals surface area contributed by atoms with Crippen molar-refractivity contribution < 1.29 is 27.8 Å². The number of hydrogen-bond acceptors (Lipinski definition) is 6. The number of piperidine rings is 1. The van der Waals surface area contributed by atoms with Gasteiger partial charge < -0.3 is 14.6 Å². The van der Waals surface area contributed by atoms with Gasteiger partial charge in [-0.3, -0.25) is 9.69 Å². The molecule has 1 aliphatic heterocycles. The van der Waals surface area contributed by atoms with Gasteiger partial charge in [-0.15, -0.1) is 0 Å². The summed E-state index contributed by atoms with van der Waals surface area (Å²) in [6.45, 7) is 1.35. The SMILES string of the molecule is COc1ccc(S(=O)(=O)C2(C(=O)O)CCN(Cc3cccc(OC)c3)CC2)cc1. The van der Waals surface area contributed by atoms with Gasteiger partial charge >= 0.3 is 5.97 Å². The quantitative estimate of drug-likeness (QED) is 0.737. The van der Waals surface area contributed by atoms with Gasteiger partial charge in [0.1, 0.15) is 11.5 Å². The van der Waals surface area contributed by atoms with Crippen molar-refractivity contribution in [3.63, 3.8) is 0 Å². The third-order valence-corrected chi connectivity index (χ3v) is 7.98. The molecule has 156 valence electrons. The maximum atomic E-state index is 13.2. The molecule has 0 amide bonds. The molecule has 0 saturated carbocycles. The van der Waals surface area contributed by atoms with Crippen LogP contribution in [-0.2, 0) is 21.2 Å². The summed E-state index contributed by atoms with van der Waals surface area (Å²) in [6, 6.07) is 13.5. The average Bonchev–Trinajstić information content (AvgIpc) is 2.74. The van der Waals surface area contributed by atoms with Gasteiger partial charge in [-0.25, -0.2) is 8.42 Å². The van der Waals surface area contributed by atoms with Gasteiger partial charge in [0.25, 0.3) is 0 Å². The van der Waals surface area contributed by atoms with Crippen LogP contribution in [-0.4, -0.2) is 56.4 Å². The van der Waals surface area contributed by atoms with Crippen LogP contribution in [0, 0.1) is 0 Å². The molecule has 2 aromatic carbocycles. The van der Waals surface area contributed by atoms with Gasteiger partial charge in [0.05, 0.1) is 19.1 Å². The zero-order valence-electron chi connectivity index (χ0n) is 16.5. The van der Waals surface area contributed by atoms with Gasteiger partial charge in [0.15, 0.2) is 14.6 Å². The fourth-order valence-electron chi connectivity index (χ4n) is 3.68. The summed E-state index contributed by atoms with van der Waals surface area (Å²) in [5, 5.41) is 9.89. The van der Waals surface area contributed by atoms with Crippen molar-refractivity contribution in [2.24, 2.45) is 0 Å². The maximum Gasteiger partial charge on any atom is 0.325 e. The van der Waals surface area contributed by atoms with E-state index in [-0.39, 0.29) is 17.7 Å². The number of methoxy groups -OCH3 is 2. The molecule has 0 unspecified atom stereocenters. The highest BCUT2D eigenvalue weighted by atomic mass is 32.2. The van der Waals surface area contributed by atoms with Crippen molar-refractivity contribution in [2.45, 2.75) is 29.0 Å². The van der Waals surface area contributed by atoms with E-state index in [1.165, 1.54) is 31.4 Å². The summed E-state index contributed by atoms with van der Waals surface area (Å²) in [6.07, 6.45) is 0.0569. The van der Waals surface area contributed by atoms with Crippen molar-refractivity contribution >= 4 is 15.8 Å². The molecule has 29 heavy (non-hydrogen) atoms. The van der Waals surface area contributed by atoms with Crippen LogP contribution in [0.25, 0.3) is 0 Å². The van der Waals surface area contributed by atoms with E-state index in [2.05, 4.69) is 4.90 Å². The molecular formula is C21H25NO6S. The van der Waals surface area contributed by atoms with Crippen LogP contribution < -0.4 is 9.47 Å². The van der Waals surface area contributed by atoms with Gasteiger partial charge in [0, 0.05) is 19.6 Å². The van der Waals surface area contributed by atoms with E-state index in [0.29, 0.717) is 25.4 Å². The highest BCUT2D eigenvalue weighted by Gasteiger charge is 2.53. The smallest absolute Gasteiger partial charge is 0.325 e. The highest BCUT2D eigenvalue weighted by molar-refractivity contribution is 7.93. The Hall–Kier alpha value is -2.58. The van der Waals surface area contributed by atoms with Crippen molar-refractivity contribution in [1.29, 1.82) is 0 Å². The Morgan fingerprint density at radius 2 is 1.66 bits per heavy atom. The first kappa shape index (κ1) is 21.1. The van der Waals surface area contributed by atoms with Gasteiger partial charge in [0.2, 0.25) is 0 Å². The van der Waals surface area contributed by atoms with Crippen molar-refractivity contribution in [3.05, 3.63) is 54.1 Å². The fourth-order valence-corrected chi connectivity index (χ4v) is 5.57. The Kier molecular flexibility index (Phi) is 6.14. The van der Waals surface area contributed by atoms with Crippen LogP contribution in [0.4, 0.5) is 0 Å². The molecule has 7 nitrogen and oxygen atoms in total. The van der Waals surface area contributed by atoms with Crippen molar-refractivity contribution in [1.82, 2.24) is 4.90 Å². The lowest BCUT2D eigenvalue weighted by molar-refractivity contribution is -0.141. The minimum absolute atomic E-state index is 0.00180. The first-order valence-corrected chi connectivity index (χ1v) is 10.8. The van der Waals surface area contributed by atoms with Crippen LogP contribution in [0.15, 0.2) is 53.4 Å². The fraction of sp³-hybridized carbons (Fsp3) is 0.381. The van der Waals surface area contributed by atoms with Crippen LogP contribution >= 0.6 is 0 Å². The third-order valence-electron chi connectivity index (χ3n) is 5.48. The standard InChI is InChI=1S/C21H25NO6S/c1-27-17-6-8-19(9-7-17)29(25,26)21(20(23)24)10-12-22(13-11-21)15-16-4-3-5-18(14-16)28-2/h3-9,14H,10-13,15H2,1-2H3,(H,23,24). The number of hydrogen-bond donors (Lipinski definition) is 1. The molecule has 2 aromatic rings. The Labute approximate surface area is 170 Å². The number of ether oxygens (including phenoxy) is 2. The van der Waals surface area contributed by atoms with E-state index in [0.717, 1.165) is 11.3 Å². The largest absolute Gasteiger partial charge is 0.497 e. The van der Waals surface area contributed by atoms with E-state index in [1.54, 1.807) is 7.11 Å². The number of carboxylic acid groups (broad SMARTS) is 1. The molecule has 1 fully saturated rings. The van der Waals surface area contributed by atoms with Gasteiger partial charge in [-0.2, -0.15) is 0 Å². The second kappa shape index (κ2) is 8.42. The molecule has 1 heterocycles. The third kappa shape index (κ3) is 4.09. The number of likely N-dealkylation sites (tertiary alicyclic amines) is 1. The summed E-state index contributed by atoms with van der Waals surface area (Å²) in [7, 11) is -0.968. The molecule has 8 heteroatoms. The minimum Gasteiger partial charge on any atom is -0.497 e. The molecule has 0 aliphatic carbocycles. The Balaban J connectivity index is 1.79. The van der Waals surface area contributed by atoms with Crippen LogP contribution in [0.5, 0.6) is 11.5 Å². The van der Waals surface area contributed by atoms with E-state index >= 15 is 0 Å². The van der Waals surface area contributed by atoms with Crippen LogP contribution in [0.1, 0.15) is 18.4 Å². The van der Waals surface area contributed by atoms with E-state index in [4.69, 9.17) is 9.47 Å². The Morgan fingerprint density at radius 3 is 2.21 bits per heavy atom. The molecule has 0 bridgehead atoms. The Morgan fingerprint density at radius 1 is 1.03 bits per heavy atom. The van der Waals surface area contributed by atoms with Gasteiger partial charge in [-0.1, -0.05) is 12.1 Å². The first-order chi connectivity index (χ1) is 13.8. The molecule has 1 N–H and O–H groups in total. The summed E-state index contributed by atoms with van der Waals surface area (Å²) < 4.78 is 35.0. The monoisotopic (exact) mass is 419 g/mol. The molecule has 3 rings (SSSR count). The van der Waals surface area contributed by atoms with Gasteiger partial charge in [-0.05, 0) is 54.8 Å². The number of rotatable bonds is 7. The number of carboxylic acids is 1. The summed E-state index contributed by atoms with van der Waals surface area (Å²) in [5.74, 6) is -0.0303. The molecule has 0 radical (unpaired) electrons. The zero-order valence-corrected chi connectivity index (χ0v) is 17.3. The summed E-state index contributed by atoms with van der Waals surface area (Å²) in [5.41, 5.74) is 1.03. The van der Waals surface area contributed by atoms with E-state index < -0.39 is 20.6 Å². The minimum atomic E-state index is -4.06. The maximum absolute atomic E-state index is 13.2. The number of sulfone groups is 1. The van der Waals surface area contributed by atoms with Crippen LogP contribution in [0.2, 0.25) is 0 Å². The Bertz CT molecular complexity index is 963. The molecule has 1 saturated heterocycles.